The van der Waals surface area contributed by atoms with Crippen LogP contribution in [-0.4, -0.2) is 29.7 Å². The Morgan fingerprint density at radius 3 is 2.29 bits per heavy atom. The lowest BCUT2D eigenvalue weighted by Crippen LogP contribution is -2.46. The Labute approximate surface area is 83.9 Å². The quantitative estimate of drug-likeness (QED) is 0.617. The van der Waals surface area contributed by atoms with E-state index >= 15 is 0 Å². The van der Waals surface area contributed by atoms with Crippen molar-refractivity contribution >= 4 is 12.0 Å². The van der Waals surface area contributed by atoms with Crippen molar-refractivity contribution in [2.24, 2.45) is 5.92 Å². The van der Waals surface area contributed by atoms with Gasteiger partial charge in [-0.2, -0.15) is 0 Å². The number of amides is 2. The van der Waals surface area contributed by atoms with Gasteiger partial charge in [0.1, 0.15) is 6.04 Å². The zero-order valence-electron chi connectivity index (χ0n) is 8.83. The largest absolute Gasteiger partial charge is 0.480 e. The lowest BCUT2D eigenvalue weighted by molar-refractivity contribution is -0.139. The molecular formula is C9H18N2O3. The summed E-state index contributed by atoms with van der Waals surface area (Å²) in [6.45, 7) is 6.19. The van der Waals surface area contributed by atoms with E-state index in [2.05, 4.69) is 10.6 Å². The first-order chi connectivity index (χ1) is 6.47. The maximum atomic E-state index is 11.1. The molecule has 0 aromatic rings. The molecule has 0 radical (unpaired) electrons. The Bertz CT molecular complexity index is 204. The smallest absolute Gasteiger partial charge is 0.326 e. The molecule has 0 aromatic carbocycles. The number of rotatable bonds is 5. The Hall–Kier alpha value is -1.26. The van der Waals surface area contributed by atoms with Crippen LogP contribution >= 0.6 is 0 Å². The molecular weight excluding hydrogens is 184 g/mol. The van der Waals surface area contributed by atoms with E-state index in [1.807, 2.05) is 13.8 Å². The highest BCUT2D eigenvalue weighted by molar-refractivity contribution is 5.82. The summed E-state index contributed by atoms with van der Waals surface area (Å²) in [5.74, 6) is -0.655. The molecule has 0 heterocycles. The fourth-order valence-corrected chi connectivity index (χ4v) is 0.845. The molecule has 5 heteroatoms. The lowest BCUT2D eigenvalue weighted by atomic mass is 10.2. The van der Waals surface area contributed by atoms with Crippen LogP contribution in [0.4, 0.5) is 4.79 Å². The minimum Gasteiger partial charge on any atom is -0.480 e. The molecule has 0 unspecified atom stereocenters. The SMILES string of the molecule is CC[C@@H](NC(=O)NCC(C)C)C(=O)O. The van der Waals surface area contributed by atoms with Gasteiger partial charge in [0.25, 0.3) is 0 Å². The first-order valence-corrected chi connectivity index (χ1v) is 4.74. The number of nitrogens with one attached hydrogen (secondary N) is 2. The van der Waals surface area contributed by atoms with E-state index < -0.39 is 18.0 Å². The van der Waals surface area contributed by atoms with E-state index in [4.69, 9.17) is 5.11 Å². The summed E-state index contributed by atoms with van der Waals surface area (Å²) in [5, 5.41) is 13.6. The minimum absolute atomic E-state index is 0.352. The predicted octanol–water partition coefficient (Wildman–Crippen LogP) is 0.805. The molecule has 3 N–H and O–H groups in total. The molecule has 0 spiro atoms. The molecule has 0 aliphatic heterocycles. The van der Waals surface area contributed by atoms with Crippen molar-refractivity contribution in [1.82, 2.24) is 10.6 Å². The molecule has 0 rings (SSSR count). The zero-order chi connectivity index (χ0) is 11.1. The van der Waals surface area contributed by atoms with Crippen LogP contribution in [0.5, 0.6) is 0 Å². The molecule has 0 aliphatic rings. The molecule has 0 saturated carbocycles. The highest BCUT2D eigenvalue weighted by Gasteiger charge is 2.16. The topological polar surface area (TPSA) is 78.4 Å². The Kier molecular flexibility index (Phi) is 5.67. The van der Waals surface area contributed by atoms with Crippen LogP contribution in [0.15, 0.2) is 0 Å². The molecule has 0 aromatic heterocycles. The fourth-order valence-electron chi connectivity index (χ4n) is 0.845. The second kappa shape index (κ2) is 6.23. The van der Waals surface area contributed by atoms with Crippen LogP contribution in [0, 0.1) is 5.92 Å². The predicted molar refractivity (Wildman–Crippen MR) is 53.1 cm³/mol. The van der Waals surface area contributed by atoms with Gasteiger partial charge in [0.2, 0.25) is 0 Å². The van der Waals surface area contributed by atoms with Crippen molar-refractivity contribution in [3.8, 4) is 0 Å². The van der Waals surface area contributed by atoms with Gasteiger partial charge >= 0.3 is 12.0 Å². The number of urea groups is 1. The Morgan fingerprint density at radius 2 is 1.93 bits per heavy atom. The van der Waals surface area contributed by atoms with Gasteiger partial charge in [-0.1, -0.05) is 20.8 Å². The van der Waals surface area contributed by atoms with E-state index in [1.54, 1.807) is 6.92 Å². The van der Waals surface area contributed by atoms with Crippen LogP contribution in [-0.2, 0) is 4.79 Å². The van der Waals surface area contributed by atoms with Crippen molar-refractivity contribution in [1.29, 1.82) is 0 Å². The highest BCUT2D eigenvalue weighted by atomic mass is 16.4. The number of carbonyl (C=O) groups is 2. The summed E-state index contributed by atoms with van der Waals surface area (Å²) in [6, 6.07) is -1.23. The average molecular weight is 202 g/mol. The standard InChI is InChI=1S/C9H18N2O3/c1-4-7(8(12)13)11-9(14)10-5-6(2)3/h6-7H,4-5H2,1-3H3,(H,12,13)(H2,10,11,14)/t7-/m1/s1. The van der Waals surface area contributed by atoms with Crippen molar-refractivity contribution < 1.29 is 14.7 Å². The Morgan fingerprint density at radius 1 is 1.36 bits per heavy atom. The van der Waals surface area contributed by atoms with Gasteiger partial charge in [-0.05, 0) is 12.3 Å². The first kappa shape index (κ1) is 12.7. The second-order valence-corrected chi connectivity index (χ2v) is 3.55. The van der Waals surface area contributed by atoms with E-state index in [9.17, 15) is 9.59 Å². The normalized spacial score (nSPS) is 12.3. The summed E-state index contributed by atoms with van der Waals surface area (Å²) in [6.07, 6.45) is 0.379. The van der Waals surface area contributed by atoms with E-state index in [0.29, 0.717) is 18.9 Å². The van der Waals surface area contributed by atoms with Crippen molar-refractivity contribution in [2.75, 3.05) is 6.54 Å². The molecule has 1 atom stereocenters. The summed E-state index contributed by atoms with van der Waals surface area (Å²) < 4.78 is 0. The summed E-state index contributed by atoms with van der Waals surface area (Å²) >= 11 is 0. The van der Waals surface area contributed by atoms with Gasteiger partial charge in [-0.15, -0.1) is 0 Å². The maximum absolute atomic E-state index is 11.1. The molecule has 2 amide bonds. The van der Waals surface area contributed by atoms with Crippen LogP contribution < -0.4 is 10.6 Å². The third kappa shape index (κ3) is 5.40. The van der Waals surface area contributed by atoms with Crippen molar-refractivity contribution in [2.45, 2.75) is 33.2 Å². The van der Waals surface area contributed by atoms with Gasteiger partial charge in [-0.25, -0.2) is 9.59 Å². The first-order valence-electron chi connectivity index (χ1n) is 4.74. The highest BCUT2D eigenvalue weighted by Crippen LogP contribution is 1.91. The van der Waals surface area contributed by atoms with Crippen LogP contribution in [0.2, 0.25) is 0 Å². The minimum atomic E-state index is -1.01. The van der Waals surface area contributed by atoms with Crippen LogP contribution in [0.1, 0.15) is 27.2 Å². The molecule has 82 valence electrons. The Balaban J connectivity index is 3.85. The monoisotopic (exact) mass is 202 g/mol. The molecule has 0 fully saturated rings. The van der Waals surface area contributed by atoms with Crippen molar-refractivity contribution in [3.63, 3.8) is 0 Å². The third-order valence-corrected chi connectivity index (χ3v) is 1.68. The number of hydrogen-bond donors (Lipinski definition) is 3. The zero-order valence-corrected chi connectivity index (χ0v) is 8.83. The van der Waals surface area contributed by atoms with Gasteiger partial charge in [0.15, 0.2) is 0 Å². The summed E-state index contributed by atoms with van der Waals surface area (Å²) in [7, 11) is 0. The third-order valence-electron chi connectivity index (χ3n) is 1.68. The number of hydrogen-bond acceptors (Lipinski definition) is 2. The summed E-state index contributed by atoms with van der Waals surface area (Å²) in [5.41, 5.74) is 0. The van der Waals surface area contributed by atoms with Gasteiger partial charge in [0, 0.05) is 6.54 Å². The van der Waals surface area contributed by atoms with Crippen LogP contribution in [0.3, 0.4) is 0 Å². The molecule has 5 nitrogen and oxygen atoms in total. The van der Waals surface area contributed by atoms with E-state index in [0.717, 1.165) is 0 Å². The summed E-state index contributed by atoms with van der Waals surface area (Å²) in [4.78, 5) is 21.7. The van der Waals surface area contributed by atoms with Gasteiger partial charge in [-0.3, -0.25) is 0 Å². The van der Waals surface area contributed by atoms with Crippen LogP contribution in [0.25, 0.3) is 0 Å². The number of carboxylic acids is 1. The number of carbonyl (C=O) groups excluding carboxylic acids is 1. The lowest BCUT2D eigenvalue weighted by Gasteiger charge is -2.13. The molecule has 0 bridgehead atoms. The van der Waals surface area contributed by atoms with Gasteiger partial charge in [0.05, 0.1) is 0 Å². The van der Waals surface area contributed by atoms with E-state index in [-0.39, 0.29) is 0 Å². The molecule has 14 heavy (non-hydrogen) atoms. The molecule has 0 saturated heterocycles. The number of carboxylic acid groups (broad SMARTS) is 1. The average Bonchev–Trinajstić information content (AvgIpc) is 2.10. The molecule has 0 aliphatic carbocycles. The second-order valence-electron chi connectivity index (χ2n) is 3.55. The fraction of sp³-hybridized carbons (Fsp3) is 0.778. The maximum Gasteiger partial charge on any atom is 0.326 e. The number of aliphatic carboxylic acids is 1. The van der Waals surface area contributed by atoms with Crippen molar-refractivity contribution in [3.05, 3.63) is 0 Å². The van der Waals surface area contributed by atoms with Gasteiger partial charge < -0.3 is 15.7 Å². The van der Waals surface area contributed by atoms with E-state index in [1.165, 1.54) is 0 Å².